The van der Waals surface area contributed by atoms with Gasteiger partial charge in [0.15, 0.2) is 0 Å². The molecule has 7 rings (SSSR count). The molecule has 0 spiro atoms. The number of aliphatic imine (C=N–C) groups is 1. The van der Waals surface area contributed by atoms with E-state index in [9.17, 15) is 5.26 Å². The van der Waals surface area contributed by atoms with Crippen molar-refractivity contribution in [2.24, 2.45) is 4.99 Å². The molecule has 0 aliphatic rings. The van der Waals surface area contributed by atoms with Crippen molar-refractivity contribution in [1.29, 1.82) is 5.26 Å². The molecule has 0 unspecified atom stereocenters. The van der Waals surface area contributed by atoms with Crippen LogP contribution >= 0.6 is 0 Å². The minimum Gasteiger partial charge on any atom is -0.436 e. The summed E-state index contributed by atoms with van der Waals surface area (Å²) >= 11 is 0. The Hall–Kier alpha value is -5.66. The minimum absolute atomic E-state index is 0.305. The van der Waals surface area contributed by atoms with Crippen molar-refractivity contribution in [3.05, 3.63) is 149 Å². The first-order valence-electron chi connectivity index (χ1n) is 14.4. The minimum atomic E-state index is 0.305. The lowest BCUT2D eigenvalue weighted by molar-refractivity contribution is 0.593. The molecule has 43 heavy (non-hydrogen) atoms. The average molecular weight is 556 g/mol. The summed E-state index contributed by atoms with van der Waals surface area (Å²) in [5.41, 5.74) is 8.67. The average Bonchev–Trinajstić information content (AvgIpc) is 3.59. The Balaban J connectivity index is 1.33. The molecule has 5 aromatic carbocycles. The van der Waals surface area contributed by atoms with Gasteiger partial charge in [-0.3, -0.25) is 0 Å². The quantitative estimate of drug-likeness (QED) is 0.192. The Morgan fingerprint density at radius 3 is 2.14 bits per heavy atom. The molecule has 0 amide bonds. The number of fused-ring (bicyclic) bond motifs is 2. The van der Waals surface area contributed by atoms with Crippen LogP contribution in [0.4, 0.5) is 5.88 Å². The van der Waals surface area contributed by atoms with E-state index in [-0.39, 0.29) is 0 Å². The van der Waals surface area contributed by atoms with Gasteiger partial charge in [-0.15, -0.1) is 0 Å². The third-order valence-electron chi connectivity index (χ3n) is 8.02. The van der Waals surface area contributed by atoms with E-state index in [1.807, 2.05) is 36.5 Å². The van der Waals surface area contributed by atoms with E-state index < -0.39 is 0 Å². The van der Waals surface area contributed by atoms with Crippen LogP contribution in [0.3, 0.4) is 0 Å². The lowest BCUT2D eigenvalue weighted by atomic mass is 9.97. The molecule has 0 fully saturated rings. The van der Waals surface area contributed by atoms with Gasteiger partial charge in [0.05, 0.1) is 0 Å². The molecule has 2 aromatic heterocycles. The maximum Gasteiger partial charge on any atom is 0.238 e. The fraction of sp³-hybridized carbons (Fsp3) is 0.0769. The zero-order valence-corrected chi connectivity index (χ0v) is 24.1. The fourth-order valence-corrected chi connectivity index (χ4v) is 5.77. The van der Waals surface area contributed by atoms with Gasteiger partial charge >= 0.3 is 0 Å². The number of hydrogen-bond donors (Lipinski definition) is 0. The number of benzene rings is 5. The van der Waals surface area contributed by atoms with Crippen LogP contribution in [-0.4, -0.2) is 10.8 Å². The first-order valence-corrected chi connectivity index (χ1v) is 14.4. The second-order valence-corrected chi connectivity index (χ2v) is 11.0. The van der Waals surface area contributed by atoms with Crippen molar-refractivity contribution in [2.75, 3.05) is 0 Å². The molecule has 0 radical (unpaired) electrons. The summed E-state index contributed by atoms with van der Waals surface area (Å²) in [7, 11) is 0. The zero-order chi connectivity index (χ0) is 29.3. The molecular formula is C39H29N3O. The number of rotatable bonds is 6. The normalized spacial score (nSPS) is 11.5. The number of nitrogens with zero attached hydrogens (tertiary/aromatic N) is 3. The highest BCUT2D eigenvalue weighted by Crippen LogP contribution is 2.42. The Kier molecular flexibility index (Phi) is 6.69. The van der Waals surface area contributed by atoms with Crippen LogP contribution in [0, 0.1) is 25.2 Å². The van der Waals surface area contributed by atoms with Crippen LogP contribution in [-0.2, 0) is 6.54 Å². The van der Waals surface area contributed by atoms with Gasteiger partial charge in [-0.25, -0.2) is 4.99 Å². The van der Waals surface area contributed by atoms with Gasteiger partial charge in [0.2, 0.25) is 5.88 Å². The summed E-state index contributed by atoms with van der Waals surface area (Å²) in [5, 5.41) is 13.9. The smallest absolute Gasteiger partial charge is 0.238 e. The molecule has 0 aliphatic carbocycles. The summed E-state index contributed by atoms with van der Waals surface area (Å²) in [6.07, 6.45) is 3.95. The maximum atomic E-state index is 10.4. The second kappa shape index (κ2) is 11.0. The van der Waals surface area contributed by atoms with E-state index in [4.69, 9.17) is 9.41 Å². The molecule has 0 saturated carbocycles. The van der Waals surface area contributed by atoms with Crippen molar-refractivity contribution in [3.63, 3.8) is 0 Å². The van der Waals surface area contributed by atoms with Crippen LogP contribution in [0.1, 0.15) is 27.8 Å². The molecule has 4 heteroatoms. The van der Waals surface area contributed by atoms with Gasteiger partial charge < -0.3 is 8.98 Å². The first-order chi connectivity index (χ1) is 21.1. The van der Waals surface area contributed by atoms with E-state index in [2.05, 4.69) is 116 Å². The predicted octanol–water partition coefficient (Wildman–Crippen LogP) is 10.0. The molecule has 206 valence electrons. The number of furan rings is 1. The van der Waals surface area contributed by atoms with Crippen LogP contribution in [0.2, 0.25) is 0 Å². The summed E-state index contributed by atoms with van der Waals surface area (Å²) in [4.78, 5) is 4.81. The predicted molar refractivity (Wildman–Crippen MR) is 176 cm³/mol. The summed E-state index contributed by atoms with van der Waals surface area (Å²) in [6, 6.07) is 42.0. The highest BCUT2D eigenvalue weighted by Gasteiger charge is 2.23. The van der Waals surface area contributed by atoms with E-state index in [0.29, 0.717) is 17.2 Å². The highest BCUT2D eigenvalue weighted by atomic mass is 16.4. The van der Waals surface area contributed by atoms with E-state index in [1.54, 1.807) is 0 Å². The summed E-state index contributed by atoms with van der Waals surface area (Å²) < 4.78 is 8.67. The number of aromatic nitrogens is 1. The van der Waals surface area contributed by atoms with E-state index in [0.717, 1.165) is 50.8 Å². The largest absolute Gasteiger partial charge is 0.436 e. The number of hydrogen-bond acceptors (Lipinski definition) is 3. The summed E-state index contributed by atoms with van der Waals surface area (Å²) in [5.74, 6) is 0.950. The third-order valence-corrected chi connectivity index (χ3v) is 8.02. The second-order valence-electron chi connectivity index (χ2n) is 11.0. The van der Waals surface area contributed by atoms with Gasteiger partial charge in [-0.1, -0.05) is 120 Å². The number of nitriles is 1. The van der Waals surface area contributed by atoms with Crippen LogP contribution in [0.5, 0.6) is 0 Å². The summed E-state index contributed by atoms with van der Waals surface area (Å²) in [6.45, 7) is 4.84. The van der Waals surface area contributed by atoms with Gasteiger partial charge in [-0.05, 0) is 41.8 Å². The topological polar surface area (TPSA) is 54.2 Å². The molecule has 0 N–H and O–H groups in total. The monoisotopic (exact) mass is 555 g/mol. The molecule has 2 heterocycles. The maximum absolute atomic E-state index is 10.4. The Morgan fingerprint density at radius 2 is 1.40 bits per heavy atom. The highest BCUT2D eigenvalue weighted by molar-refractivity contribution is 6.01. The molecule has 0 atom stereocenters. The van der Waals surface area contributed by atoms with Gasteiger partial charge in [0.25, 0.3) is 0 Å². The van der Waals surface area contributed by atoms with E-state index >= 15 is 0 Å². The van der Waals surface area contributed by atoms with Crippen LogP contribution < -0.4 is 0 Å². The van der Waals surface area contributed by atoms with E-state index in [1.165, 1.54) is 16.3 Å². The van der Waals surface area contributed by atoms with Crippen molar-refractivity contribution in [1.82, 2.24) is 4.57 Å². The van der Waals surface area contributed by atoms with Gasteiger partial charge in [0, 0.05) is 46.5 Å². The van der Waals surface area contributed by atoms with Gasteiger partial charge in [-0.2, -0.15) is 5.26 Å². The van der Waals surface area contributed by atoms with Crippen LogP contribution in [0.25, 0.3) is 44.1 Å². The third kappa shape index (κ3) is 4.92. The van der Waals surface area contributed by atoms with Crippen LogP contribution in [0.15, 0.2) is 131 Å². The molecule has 0 bridgehead atoms. The Bertz CT molecular complexity index is 2170. The lowest BCUT2D eigenvalue weighted by Gasteiger charge is -2.09. The van der Waals surface area contributed by atoms with Gasteiger partial charge in [0.1, 0.15) is 17.4 Å². The number of para-hydroxylation sites is 1. The number of aryl methyl sites for hydroxylation is 2. The molecular weight excluding hydrogens is 526 g/mol. The zero-order valence-electron chi connectivity index (χ0n) is 24.1. The molecule has 0 saturated heterocycles. The van der Waals surface area contributed by atoms with Crippen molar-refractivity contribution in [2.45, 2.75) is 20.4 Å². The molecule has 4 nitrogen and oxygen atoms in total. The standard InChI is InChI=1S/C39H29N3O/c1-26-14-18-29(19-15-26)37-35(22-40)39(43-38(37)30-20-16-27(2)17-21-30)41-23-32-25-42(36-13-6-5-12-34(32)36)24-31-10-7-9-28-8-3-4-11-33(28)31/h3-21,23,25H,24H2,1-2H3. The SMILES string of the molecule is Cc1ccc(-c2oc(N=Cc3cn(Cc4cccc5ccccc45)c4ccccc34)c(C#N)c2-c2ccc(C)cc2)cc1. The van der Waals surface area contributed by atoms with Crippen molar-refractivity contribution < 1.29 is 4.42 Å². The Labute approximate surface area is 250 Å². The van der Waals surface area contributed by atoms with Crippen molar-refractivity contribution >= 4 is 33.8 Å². The molecule has 7 aromatic rings. The molecule has 0 aliphatic heterocycles. The Morgan fingerprint density at radius 1 is 0.744 bits per heavy atom. The first kappa shape index (κ1) is 26.3. The van der Waals surface area contributed by atoms with Crippen molar-refractivity contribution in [3.8, 4) is 28.5 Å². The fourth-order valence-electron chi connectivity index (χ4n) is 5.77. The lowest BCUT2D eigenvalue weighted by Crippen LogP contribution is -1.98.